The maximum Gasteiger partial charge on any atom is 0.0289 e. The van der Waals surface area contributed by atoms with E-state index in [9.17, 15) is 0 Å². The van der Waals surface area contributed by atoms with Gasteiger partial charge in [-0.15, -0.1) is 12.4 Å². The van der Waals surface area contributed by atoms with E-state index in [4.69, 9.17) is 0 Å². The molecule has 0 aliphatic heterocycles. The number of rotatable bonds is 2. The van der Waals surface area contributed by atoms with Crippen molar-refractivity contribution in [2.75, 3.05) is 7.05 Å². The lowest BCUT2D eigenvalue weighted by molar-refractivity contribution is 0.588. The molecule has 1 aromatic rings. The van der Waals surface area contributed by atoms with Gasteiger partial charge in [-0.2, -0.15) is 0 Å². The first-order valence-corrected chi connectivity index (χ1v) is 5.23. The van der Waals surface area contributed by atoms with Crippen LogP contribution in [-0.4, -0.2) is 7.05 Å². The van der Waals surface area contributed by atoms with Gasteiger partial charge in [-0.3, -0.25) is 0 Å². The third-order valence-electron chi connectivity index (χ3n) is 2.71. The zero-order chi connectivity index (χ0) is 10.8. The summed E-state index contributed by atoms with van der Waals surface area (Å²) in [6.45, 7) is 8.89. The Balaban J connectivity index is 0.00000196. The molecule has 2 heteroatoms. The van der Waals surface area contributed by atoms with Crippen molar-refractivity contribution in [2.45, 2.75) is 39.2 Å². The Bertz CT molecular complexity index is 284. The number of hydrogen-bond acceptors (Lipinski definition) is 1. The highest BCUT2D eigenvalue weighted by Crippen LogP contribution is 2.23. The van der Waals surface area contributed by atoms with Crippen LogP contribution < -0.4 is 5.32 Å². The summed E-state index contributed by atoms with van der Waals surface area (Å²) in [7, 11) is 1.99. The fraction of sp³-hybridized carbons (Fsp3) is 0.538. The quantitative estimate of drug-likeness (QED) is 0.813. The van der Waals surface area contributed by atoms with Gasteiger partial charge in [0, 0.05) is 6.04 Å². The summed E-state index contributed by atoms with van der Waals surface area (Å²) in [5, 5.41) is 3.24. The standard InChI is InChI=1S/C13H21N.ClH/c1-10(14-5)11-6-8-12(9-7-11)13(2,3)4;/h6-10,14H,1-5H3;1H/t10-;/m0./s1. The van der Waals surface area contributed by atoms with Gasteiger partial charge in [0.15, 0.2) is 0 Å². The van der Waals surface area contributed by atoms with E-state index in [1.165, 1.54) is 11.1 Å². The van der Waals surface area contributed by atoms with Gasteiger partial charge in [0.05, 0.1) is 0 Å². The summed E-state index contributed by atoms with van der Waals surface area (Å²) < 4.78 is 0. The molecular weight excluding hydrogens is 206 g/mol. The fourth-order valence-electron chi connectivity index (χ4n) is 1.44. The van der Waals surface area contributed by atoms with Crippen molar-refractivity contribution in [3.63, 3.8) is 0 Å². The molecule has 86 valence electrons. The summed E-state index contributed by atoms with van der Waals surface area (Å²) in [5.74, 6) is 0. The van der Waals surface area contributed by atoms with E-state index in [1.807, 2.05) is 7.05 Å². The lowest BCUT2D eigenvalue weighted by atomic mass is 9.86. The molecule has 0 radical (unpaired) electrons. The molecule has 0 saturated heterocycles. The van der Waals surface area contributed by atoms with E-state index in [0.717, 1.165) is 0 Å². The third-order valence-corrected chi connectivity index (χ3v) is 2.71. The first kappa shape index (κ1) is 14.5. The minimum atomic E-state index is 0. The summed E-state index contributed by atoms with van der Waals surface area (Å²) in [6.07, 6.45) is 0. The molecule has 0 fully saturated rings. The summed E-state index contributed by atoms with van der Waals surface area (Å²) in [5.41, 5.74) is 2.99. The molecule has 0 saturated carbocycles. The van der Waals surface area contributed by atoms with Crippen molar-refractivity contribution in [1.82, 2.24) is 5.32 Å². The predicted octanol–water partition coefficient (Wildman–Crippen LogP) is 3.69. The molecule has 0 aliphatic carbocycles. The molecule has 1 rings (SSSR count). The van der Waals surface area contributed by atoms with Crippen LogP contribution in [0.2, 0.25) is 0 Å². The number of hydrogen-bond donors (Lipinski definition) is 1. The summed E-state index contributed by atoms with van der Waals surface area (Å²) >= 11 is 0. The third kappa shape index (κ3) is 3.84. The molecule has 1 N–H and O–H groups in total. The summed E-state index contributed by atoms with van der Waals surface area (Å²) in [4.78, 5) is 0. The Morgan fingerprint density at radius 2 is 1.53 bits per heavy atom. The second-order valence-corrected chi connectivity index (χ2v) is 4.88. The van der Waals surface area contributed by atoms with E-state index in [0.29, 0.717) is 6.04 Å². The zero-order valence-electron chi connectivity index (χ0n) is 10.3. The zero-order valence-corrected chi connectivity index (χ0v) is 11.1. The summed E-state index contributed by atoms with van der Waals surface area (Å²) in [6, 6.07) is 9.31. The van der Waals surface area contributed by atoms with Gasteiger partial charge in [-0.05, 0) is 30.5 Å². The van der Waals surface area contributed by atoms with Crippen molar-refractivity contribution < 1.29 is 0 Å². The van der Waals surface area contributed by atoms with Crippen LogP contribution in [0.15, 0.2) is 24.3 Å². The van der Waals surface area contributed by atoms with E-state index in [1.54, 1.807) is 0 Å². The minimum absolute atomic E-state index is 0. The first-order chi connectivity index (χ1) is 6.45. The largest absolute Gasteiger partial charge is 0.313 e. The molecule has 0 heterocycles. The van der Waals surface area contributed by atoms with Crippen molar-refractivity contribution in [3.8, 4) is 0 Å². The van der Waals surface area contributed by atoms with Crippen LogP contribution in [-0.2, 0) is 5.41 Å². The predicted molar refractivity (Wildman–Crippen MR) is 69.9 cm³/mol. The second-order valence-electron chi connectivity index (χ2n) is 4.88. The van der Waals surface area contributed by atoms with Gasteiger partial charge in [0.2, 0.25) is 0 Å². The Morgan fingerprint density at radius 3 is 1.87 bits per heavy atom. The highest BCUT2D eigenvalue weighted by atomic mass is 35.5. The van der Waals surface area contributed by atoms with Gasteiger partial charge >= 0.3 is 0 Å². The Hall–Kier alpha value is -0.530. The Kier molecular flexibility index (Phi) is 5.33. The Morgan fingerprint density at radius 1 is 1.07 bits per heavy atom. The van der Waals surface area contributed by atoms with Gasteiger partial charge in [-0.25, -0.2) is 0 Å². The average molecular weight is 228 g/mol. The molecule has 0 aromatic heterocycles. The lowest BCUT2D eigenvalue weighted by Gasteiger charge is -2.20. The van der Waals surface area contributed by atoms with Crippen LogP contribution >= 0.6 is 12.4 Å². The lowest BCUT2D eigenvalue weighted by Crippen LogP contribution is -2.14. The maximum absolute atomic E-state index is 3.24. The van der Waals surface area contributed by atoms with Crippen molar-refractivity contribution in [3.05, 3.63) is 35.4 Å². The number of nitrogens with one attached hydrogen (secondary N) is 1. The first-order valence-electron chi connectivity index (χ1n) is 5.23. The van der Waals surface area contributed by atoms with Crippen LogP contribution in [0.1, 0.15) is 44.9 Å². The highest BCUT2D eigenvalue weighted by molar-refractivity contribution is 5.85. The second kappa shape index (κ2) is 5.53. The van der Waals surface area contributed by atoms with Crippen molar-refractivity contribution >= 4 is 12.4 Å². The van der Waals surface area contributed by atoms with Gasteiger partial charge in [0.1, 0.15) is 0 Å². The SMILES string of the molecule is CN[C@@H](C)c1ccc(C(C)(C)C)cc1.Cl. The van der Waals surface area contributed by atoms with Crippen molar-refractivity contribution in [2.24, 2.45) is 0 Å². The minimum Gasteiger partial charge on any atom is -0.313 e. The van der Waals surface area contributed by atoms with Gasteiger partial charge < -0.3 is 5.32 Å². The molecule has 0 amide bonds. The molecule has 0 bridgehead atoms. The molecule has 1 atom stereocenters. The molecule has 1 nitrogen and oxygen atoms in total. The van der Waals surface area contributed by atoms with E-state index in [-0.39, 0.29) is 17.8 Å². The molecule has 0 spiro atoms. The maximum atomic E-state index is 3.24. The highest BCUT2D eigenvalue weighted by Gasteiger charge is 2.13. The average Bonchev–Trinajstić information content (AvgIpc) is 2.15. The molecule has 15 heavy (non-hydrogen) atoms. The van der Waals surface area contributed by atoms with E-state index >= 15 is 0 Å². The van der Waals surface area contributed by atoms with Crippen molar-refractivity contribution in [1.29, 1.82) is 0 Å². The van der Waals surface area contributed by atoms with Crippen LogP contribution in [0.4, 0.5) is 0 Å². The molecule has 1 aromatic carbocycles. The van der Waals surface area contributed by atoms with Crippen LogP contribution in [0.25, 0.3) is 0 Å². The smallest absolute Gasteiger partial charge is 0.0289 e. The fourth-order valence-corrected chi connectivity index (χ4v) is 1.44. The van der Waals surface area contributed by atoms with Gasteiger partial charge in [-0.1, -0.05) is 45.0 Å². The number of benzene rings is 1. The van der Waals surface area contributed by atoms with E-state index < -0.39 is 0 Å². The van der Waals surface area contributed by atoms with Crippen LogP contribution in [0, 0.1) is 0 Å². The topological polar surface area (TPSA) is 12.0 Å². The normalized spacial score (nSPS) is 13.1. The van der Waals surface area contributed by atoms with Crippen LogP contribution in [0.3, 0.4) is 0 Å². The molecule has 0 aliphatic rings. The monoisotopic (exact) mass is 227 g/mol. The van der Waals surface area contributed by atoms with Gasteiger partial charge in [0.25, 0.3) is 0 Å². The number of halogens is 1. The van der Waals surface area contributed by atoms with E-state index in [2.05, 4.69) is 57.3 Å². The Labute approximate surface area is 99.7 Å². The molecular formula is C13H22ClN. The molecule has 0 unspecified atom stereocenters. The van der Waals surface area contributed by atoms with Crippen LogP contribution in [0.5, 0.6) is 0 Å².